The standard InChI is InChI=1S/C17H19ClFN/c1-4-20-17(13-8-11(2)9-14(19)10-13)15-7-5-6-12(3)16(15)18/h5-10,17,20H,4H2,1-3H3. The Morgan fingerprint density at radius 1 is 1.20 bits per heavy atom. The van der Waals surface area contributed by atoms with Gasteiger partial charge in [0.1, 0.15) is 5.82 Å². The first kappa shape index (κ1) is 15.0. The van der Waals surface area contributed by atoms with Crippen LogP contribution in [0.1, 0.15) is 35.2 Å². The first-order chi connectivity index (χ1) is 9.52. The zero-order valence-electron chi connectivity index (χ0n) is 12.0. The van der Waals surface area contributed by atoms with Crippen molar-refractivity contribution in [1.29, 1.82) is 0 Å². The Kier molecular flexibility index (Phi) is 4.79. The largest absolute Gasteiger partial charge is 0.306 e. The smallest absolute Gasteiger partial charge is 0.123 e. The minimum atomic E-state index is -0.216. The van der Waals surface area contributed by atoms with Gasteiger partial charge in [-0.1, -0.05) is 42.8 Å². The van der Waals surface area contributed by atoms with Gasteiger partial charge < -0.3 is 5.32 Å². The van der Waals surface area contributed by atoms with Crippen molar-refractivity contribution in [3.8, 4) is 0 Å². The van der Waals surface area contributed by atoms with E-state index in [9.17, 15) is 4.39 Å². The van der Waals surface area contributed by atoms with Gasteiger partial charge in [-0.25, -0.2) is 4.39 Å². The molecule has 0 saturated carbocycles. The highest BCUT2D eigenvalue weighted by Gasteiger charge is 2.17. The van der Waals surface area contributed by atoms with Gasteiger partial charge in [-0.3, -0.25) is 0 Å². The molecule has 2 rings (SSSR count). The number of rotatable bonds is 4. The van der Waals surface area contributed by atoms with Gasteiger partial charge in [0.15, 0.2) is 0 Å². The predicted molar refractivity (Wildman–Crippen MR) is 82.8 cm³/mol. The van der Waals surface area contributed by atoms with Gasteiger partial charge in [0.25, 0.3) is 0 Å². The topological polar surface area (TPSA) is 12.0 Å². The summed E-state index contributed by atoms with van der Waals surface area (Å²) in [6.07, 6.45) is 0. The lowest BCUT2D eigenvalue weighted by Crippen LogP contribution is -2.22. The van der Waals surface area contributed by atoms with Crippen LogP contribution in [0.5, 0.6) is 0 Å². The van der Waals surface area contributed by atoms with Crippen LogP contribution in [0, 0.1) is 19.7 Å². The van der Waals surface area contributed by atoms with Crippen LogP contribution in [0.2, 0.25) is 5.02 Å². The average Bonchev–Trinajstić information content (AvgIpc) is 2.38. The molecule has 0 saturated heterocycles. The summed E-state index contributed by atoms with van der Waals surface area (Å²) in [4.78, 5) is 0. The fraction of sp³-hybridized carbons (Fsp3) is 0.294. The molecule has 1 nitrogen and oxygen atoms in total. The molecule has 0 amide bonds. The third kappa shape index (κ3) is 3.20. The van der Waals surface area contributed by atoms with Crippen molar-refractivity contribution in [2.45, 2.75) is 26.8 Å². The summed E-state index contributed by atoms with van der Waals surface area (Å²) in [6.45, 7) is 6.69. The number of hydrogen-bond acceptors (Lipinski definition) is 1. The van der Waals surface area contributed by atoms with E-state index in [4.69, 9.17) is 11.6 Å². The molecule has 1 atom stereocenters. The van der Waals surface area contributed by atoms with Gasteiger partial charge >= 0.3 is 0 Å². The lowest BCUT2D eigenvalue weighted by atomic mass is 9.96. The van der Waals surface area contributed by atoms with Crippen molar-refractivity contribution in [3.63, 3.8) is 0 Å². The summed E-state index contributed by atoms with van der Waals surface area (Å²) in [5.74, 6) is -0.216. The Balaban J connectivity index is 2.53. The summed E-state index contributed by atoms with van der Waals surface area (Å²) in [7, 11) is 0. The predicted octanol–water partition coefficient (Wildman–Crippen LogP) is 4.79. The zero-order chi connectivity index (χ0) is 14.7. The van der Waals surface area contributed by atoms with E-state index in [-0.39, 0.29) is 11.9 Å². The molecule has 0 aliphatic carbocycles. The average molecular weight is 292 g/mol. The molecule has 0 fully saturated rings. The maximum atomic E-state index is 13.7. The number of nitrogens with one attached hydrogen (secondary N) is 1. The summed E-state index contributed by atoms with van der Waals surface area (Å²) in [5, 5.41) is 4.12. The fourth-order valence-electron chi connectivity index (χ4n) is 2.44. The van der Waals surface area contributed by atoms with Gasteiger partial charge in [-0.05, 0) is 54.8 Å². The van der Waals surface area contributed by atoms with Crippen LogP contribution in [-0.2, 0) is 0 Å². The number of aryl methyl sites for hydroxylation is 2. The SMILES string of the molecule is CCNC(c1cc(C)cc(F)c1)c1cccc(C)c1Cl. The van der Waals surface area contributed by atoms with Crippen LogP contribution in [0.4, 0.5) is 4.39 Å². The molecule has 0 spiro atoms. The molecule has 3 heteroatoms. The molecule has 0 aliphatic rings. The minimum absolute atomic E-state index is 0.0956. The van der Waals surface area contributed by atoms with Crippen molar-refractivity contribution in [2.24, 2.45) is 0 Å². The van der Waals surface area contributed by atoms with Crippen LogP contribution in [0.25, 0.3) is 0 Å². The van der Waals surface area contributed by atoms with Gasteiger partial charge in [0.2, 0.25) is 0 Å². The highest BCUT2D eigenvalue weighted by molar-refractivity contribution is 6.32. The summed E-state index contributed by atoms with van der Waals surface area (Å²) in [5.41, 5.74) is 3.82. The third-order valence-electron chi connectivity index (χ3n) is 3.34. The number of benzene rings is 2. The van der Waals surface area contributed by atoms with E-state index in [1.165, 1.54) is 6.07 Å². The highest BCUT2D eigenvalue weighted by Crippen LogP contribution is 2.31. The van der Waals surface area contributed by atoms with Crippen molar-refractivity contribution in [3.05, 3.63) is 69.5 Å². The van der Waals surface area contributed by atoms with Crippen LogP contribution >= 0.6 is 11.6 Å². The summed E-state index contributed by atoms with van der Waals surface area (Å²) < 4.78 is 13.7. The molecule has 0 heterocycles. The second-order valence-corrected chi connectivity index (χ2v) is 5.41. The lowest BCUT2D eigenvalue weighted by molar-refractivity contribution is 0.602. The molecule has 1 unspecified atom stereocenters. The minimum Gasteiger partial charge on any atom is -0.306 e. The van der Waals surface area contributed by atoms with Crippen molar-refractivity contribution in [2.75, 3.05) is 6.54 Å². The van der Waals surface area contributed by atoms with Crippen LogP contribution in [0.3, 0.4) is 0 Å². The first-order valence-electron chi connectivity index (χ1n) is 6.78. The fourth-order valence-corrected chi connectivity index (χ4v) is 2.67. The highest BCUT2D eigenvalue weighted by atomic mass is 35.5. The molecule has 106 valence electrons. The summed E-state index contributed by atoms with van der Waals surface area (Å²) in [6, 6.07) is 10.9. The molecular weight excluding hydrogens is 273 g/mol. The molecule has 0 radical (unpaired) electrons. The Morgan fingerprint density at radius 3 is 2.60 bits per heavy atom. The van der Waals surface area contributed by atoms with Gasteiger partial charge in [0.05, 0.1) is 6.04 Å². The number of halogens is 2. The third-order valence-corrected chi connectivity index (χ3v) is 3.86. The molecule has 1 N–H and O–H groups in total. The quantitative estimate of drug-likeness (QED) is 0.853. The maximum absolute atomic E-state index is 13.7. The molecule has 2 aromatic rings. The lowest BCUT2D eigenvalue weighted by Gasteiger charge is -2.21. The molecule has 0 bridgehead atoms. The molecule has 20 heavy (non-hydrogen) atoms. The van der Waals surface area contributed by atoms with E-state index in [0.29, 0.717) is 0 Å². The Labute approximate surface area is 124 Å². The number of hydrogen-bond donors (Lipinski definition) is 1. The Morgan fingerprint density at radius 2 is 1.95 bits per heavy atom. The summed E-state index contributed by atoms with van der Waals surface area (Å²) >= 11 is 6.42. The van der Waals surface area contributed by atoms with Gasteiger partial charge in [0, 0.05) is 5.02 Å². The maximum Gasteiger partial charge on any atom is 0.123 e. The van der Waals surface area contributed by atoms with Crippen molar-refractivity contribution in [1.82, 2.24) is 5.32 Å². The molecule has 0 aromatic heterocycles. The Hall–Kier alpha value is -1.38. The Bertz CT molecular complexity index is 590. The van der Waals surface area contributed by atoms with Crippen LogP contribution in [-0.4, -0.2) is 6.54 Å². The first-order valence-corrected chi connectivity index (χ1v) is 7.16. The van der Waals surface area contributed by atoms with E-state index >= 15 is 0 Å². The van der Waals surface area contributed by atoms with Gasteiger partial charge in [-0.2, -0.15) is 0 Å². The van der Waals surface area contributed by atoms with Gasteiger partial charge in [-0.15, -0.1) is 0 Å². The molecule has 0 aliphatic heterocycles. The normalized spacial score (nSPS) is 12.4. The van der Waals surface area contributed by atoms with Crippen LogP contribution < -0.4 is 5.32 Å². The van der Waals surface area contributed by atoms with Crippen molar-refractivity contribution >= 4 is 11.6 Å². The van der Waals surface area contributed by atoms with E-state index in [2.05, 4.69) is 5.32 Å². The molecular formula is C17H19ClFN. The monoisotopic (exact) mass is 291 g/mol. The van der Waals surface area contributed by atoms with E-state index in [1.807, 2.05) is 45.0 Å². The van der Waals surface area contributed by atoms with E-state index in [1.54, 1.807) is 6.07 Å². The zero-order valence-corrected chi connectivity index (χ0v) is 12.8. The second kappa shape index (κ2) is 6.38. The van der Waals surface area contributed by atoms with E-state index in [0.717, 1.165) is 33.8 Å². The second-order valence-electron chi connectivity index (χ2n) is 5.03. The van der Waals surface area contributed by atoms with Crippen molar-refractivity contribution < 1.29 is 4.39 Å². The molecule has 2 aromatic carbocycles. The van der Waals surface area contributed by atoms with E-state index < -0.39 is 0 Å². The van der Waals surface area contributed by atoms with Crippen LogP contribution in [0.15, 0.2) is 36.4 Å².